The molecule has 0 aliphatic heterocycles. The van der Waals surface area contributed by atoms with Crippen LogP contribution in [0.5, 0.6) is 0 Å². The summed E-state index contributed by atoms with van der Waals surface area (Å²) in [5.41, 5.74) is 4.19. The molecule has 3 heteroatoms. The molecule has 1 unspecified atom stereocenters. The number of nitrogens with zero attached hydrogens (tertiary/aromatic N) is 1. The predicted octanol–water partition coefficient (Wildman–Crippen LogP) is 5.60. The number of amidine groups is 1. The minimum absolute atomic E-state index is 0.0813. The Bertz CT molecular complexity index is 810. The molecule has 2 aromatic rings. The van der Waals surface area contributed by atoms with E-state index >= 15 is 0 Å². The molecule has 2 aromatic carbocycles. The summed E-state index contributed by atoms with van der Waals surface area (Å²) in [4.78, 5) is 16.5. The standard InChI is InChI=1S/C25H30N2O/c26-25(27-18-7-6-11-20-9-2-1-3-10-20)24(28)19-21-12-8-15-22-13-4-5-14-23(22)17-16-21/h1-5,9-10,13-14,18,21,26H,6-8,11-12,15-17,19H2. The molecule has 1 N–H and O–H groups in total. The Morgan fingerprint density at radius 1 is 1.00 bits per heavy atom. The smallest absolute Gasteiger partial charge is 0.199 e. The topological polar surface area (TPSA) is 53.3 Å². The van der Waals surface area contributed by atoms with Gasteiger partial charge in [0, 0.05) is 12.6 Å². The molecule has 0 amide bonds. The van der Waals surface area contributed by atoms with Gasteiger partial charge in [0.05, 0.1) is 0 Å². The largest absolute Gasteiger partial charge is 0.291 e. The van der Waals surface area contributed by atoms with Crippen molar-refractivity contribution in [2.45, 2.75) is 57.8 Å². The van der Waals surface area contributed by atoms with E-state index in [1.165, 1.54) is 16.7 Å². The molecule has 3 rings (SSSR count). The molecule has 3 nitrogen and oxygen atoms in total. The van der Waals surface area contributed by atoms with E-state index < -0.39 is 0 Å². The van der Waals surface area contributed by atoms with Gasteiger partial charge in [-0.2, -0.15) is 0 Å². The van der Waals surface area contributed by atoms with Crippen LogP contribution in [0.3, 0.4) is 0 Å². The molecule has 146 valence electrons. The van der Waals surface area contributed by atoms with E-state index in [0.29, 0.717) is 12.3 Å². The number of nitrogens with one attached hydrogen (secondary N) is 1. The number of carbonyl (C=O) groups is 1. The normalized spacial score (nSPS) is 16.9. The lowest BCUT2D eigenvalue weighted by Crippen LogP contribution is -2.18. The fourth-order valence-electron chi connectivity index (χ4n) is 3.96. The fourth-order valence-corrected chi connectivity index (χ4v) is 3.96. The Labute approximate surface area is 168 Å². The number of Topliss-reactive ketones (excluding diaryl/α,β-unsaturated/α-hetero) is 1. The van der Waals surface area contributed by atoms with Gasteiger partial charge < -0.3 is 0 Å². The number of benzene rings is 2. The van der Waals surface area contributed by atoms with Crippen molar-refractivity contribution in [3.63, 3.8) is 0 Å². The van der Waals surface area contributed by atoms with E-state index in [2.05, 4.69) is 41.4 Å². The first-order valence-corrected chi connectivity index (χ1v) is 10.5. The van der Waals surface area contributed by atoms with Gasteiger partial charge in [-0.05, 0) is 74.0 Å². The van der Waals surface area contributed by atoms with Crippen molar-refractivity contribution in [2.75, 3.05) is 0 Å². The van der Waals surface area contributed by atoms with Gasteiger partial charge >= 0.3 is 0 Å². The van der Waals surface area contributed by atoms with E-state index in [-0.39, 0.29) is 11.6 Å². The second-order valence-electron chi connectivity index (χ2n) is 7.73. The third kappa shape index (κ3) is 6.26. The van der Waals surface area contributed by atoms with Crippen molar-refractivity contribution >= 4 is 17.8 Å². The molecule has 0 spiro atoms. The number of fused-ring (bicyclic) bond motifs is 1. The van der Waals surface area contributed by atoms with Gasteiger partial charge in [0.15, 0.2) is 11.6 Å². The van der Waals surface area contributed by atoms with Crippen molar-refractivity contribution < 1.29 is 4.79 Å². The van der Waals surface area contributed by atoms with Crippen LogP contribution in [0.2, 0.25) is 0 Å². The number of carbonyl (C=O) groups excluding carboxylic acids is 1. The summed E-state index contributed by atoms with van der Waals surface area (Å²) in [5.74, 6) is 0.176. The number of unbranched alkanes of at least 4 members (excludes halogenated alkanes) is 1. The van der Waals surface area contributed by atoms with Crippen molar-refractivity contribution in [3.8, 4) is 0 Å². The lowest BCUT2D eigenvalue weighted by molar-refractivity contribution is -0.114. The van der Waals surface area contributed by atoms with Crippen LogP contribution in [0.25, 0.3) is 0 Å². The molecular formula is C25H30N2O. The van der Waals surface area contributed by atoms with Crippen LogP contribution < -0.4 is 0 Å². The van der Waals surface area contributed by atoms with Gasteiger partial charge in [-0.25, -0.2) is 4.99 Å². The van der Waals surface area contributed by atoms with E-state index in [1.807, 2.05) is 18.2 Å². The Kier molecular flexibility index (Phi) is 7.71. The molecule has 0 radical (unpaired) electrons. The highest BCUT2D eigenvalue weighted by atomic mass is 16.1. The summed E-state index contributed by atoms with van der Waals surface area (Å²) >= 11 is 0. The highest BCUT2D eigenvalue weighted by molar-refractivity contribution is 6.38. The minimum Gasteiger partial charge on any atom is -0.291 e. The molecule has 0 saturated carbocycles. The minimum atomic E-state index is -0.113. The zero-order valence-corrected chi connectivity index (χ0v) is 16.6. The fraction of sp³-hybridized carbons (Fsp3) is 0.400. The maximum absolute atomic E-state index is 12.4. The van der Waals surface area contributed by atoms with Crippen LogP contribution in [0.15, 0.2) is 59.6 Å². The number of ketones is 1. The van der Waals surface area contributed by atoms with Gasteiger partial charge in [0.2, 0.25) is 0 Å². The number of hydrogen-bond acceptors (Lipinski definition) is 2. The van der Waals surface area contributed by atoms with E-state index in [0.717, 1.165) is 51.4 Å². The number of rotatable bonds is 7. The van der Waals surface area contributed by atoms with Crippen LogP contribution in [0, 0.1) is 11.3 Å². The first-order valence-electron chi connectivity index (χ1n) is 10.5. The summed E-state index contributed by atoms with van der Waals surface area (Å²) in [5, 5.41) is 7.98. The Morgan fingerprint density at radius 3 is 2.50 bits per heavy atom. The second kappa shape index (κ2) is 10.7. The molecule has 0 heterocycles. The summed E-state index contributed by atoms with van der Waals surface area (Å²) in [7, 11) is 0. The molecule has 0 bridgehead atoms. The summed E-state index contributed by atoms with van der Waals surface area (Å²) in [6.07, 6.45) is 10.3. The molecule has 28 heavy (non-hydrogen) atoms. The van der Waals surface area contributed by atoms with Gasteiger partial charge in [-0.3, -0.25) is 10.2 Å². The van der Waals surface area contributed by atoms with E-state index in [9.17, 15) is 4.79 Å². The highest BCUT2D eigenvalue weighted by Crippen LogP contribution is 2.26. The maximum atomic E-state index is 12.4. The number of hydrogen-bond donors (Lipinski definition) is 1. The predicted molar refractivity (Wildman–Crippen MR) is 116 cm³/mol. The lowest BCUT2D eigenvalue weighted by atomic mass is 9.85. The maximum Gasteiger partial charge on any atom is 0.199 e. The second-order valence-corrected chi connectivity index (χ2v) is 7.73. The van der Waals surface area contributed by atoms with Crippen LogP contribution in [-0.4, -0.2) is 17.8 Å². The number of aryl methyl sites for hydroxylation is 3. The first kappa shape index (κ1) is 20.2. The van der Waals surface area contributed by atoms with E-state index in [1.54, 1.807) is 6.21 Å². The Hall–Kier alpha value is -2.55. The summed E-state index contributed by atoms with van der Waals surface area (Å²) in [6.45, 7) is 0. The molecule has 0 saturated heterocycles. The van der Waals surface area contributed by atoms with Crippen molar-refractivity contribution in [3.05, 3.63) is 71.3 Å². The molecule has 1 aliphatic carbocycles. The monoisotopic (exact) mass is 374 g/mol. The Balaban J connectivity index is 1.40. The quantitative estimate of drug-likeness (QED) is 0.383. The lowest BCUT2D eigenvalue weighted by Gasteiger charge is -2.20. The third-order valence-corrected chi connectivity index (χ3v) is 5.60. The van der Waals surface area contributed by atoms with Crippen molar-refractivity contribution in [1.29, 1.82) is 5.41 Å². The zero-order valence-electron chi connectivity index (χ0n) is 16.6. The summed E-state index contributed by atoms with van der Waals surface area (Å²) in [6, 6.07) is 19.0. The van der Waals surface area contributed by atoms with Crippen LogP contribution in [-0.2, 0) is 24.1 Å². The van der Waals surface area contributed by atoms with Crippen molar-refractivity contribution in [1.82, 2.24) is 0 Å². The zero-order chi connectivity index (χ0) is 19.6. The van der Waals surface area contributed by atoms with Crippen molar-refractivity contribution in [2.24, 2.45) is 10.9 Å². The van der Waals surface area contributed by atoms with Crippen LogP contribution in [0.1, 0.15) is 55.2 Å². The average molecular weight is 375 g/mol. The average Bonchev–Trinajstić information content (AvgIpc) is 2.71. The SMILES string of the molecule is N=C(N=CCCCc1ccccc1)C(=O)CC1CCCc2ccccc2CC1. The molecular weight excluding hydrogens is 344 g/mol. The molecule has 0 fully saturated rings. The third-order valence-electron chi connectivity index (χ3n) is 5.60. The van der Waals surface area contributed by atoms with Crippen LogP contribution in [0.4, 0.5) is 0 Å². The Morgan fingerprint density at radius 2 is 1.71 bits per heavy atom. The first-order chi connectivity index (χ1) is 13.7. The highest BCUT2D eigenvalue weighted by Gasteiger charge is 2.19. The van der Waals surface area contributed by atoms with Gasteiger partial charge in [-0.15, -0.1) is 0 Å². The van der Waals surface area contributed by atoms with Gasteiger partial charge in [0.25, 0.3) is 0 Å². The molecule has 1 aliphatic rings. The van der Waals surface area contributed by atoms with Gasteiger partial charge in [0.1, 0.15) is 0 Å². The molecule has 1 atom stereocenters. The number of aliphatic imine (C=N–C) groups is 1. The molecule has 0 aromatic heterocycles. The van der Waals surface area contributed by atoms with E-state index in [4.69, 9.17) is 5.41 Å². The van der Waals surface area contributed by atoms with Crippen LogP contribution >= 0.6 is 0 Å². The van der Waals surface area contributed by atoms with Gasteiger partial charge in [-0.1, -0.05) is 54.6 Å². The summed E-state index contributed by atoms with van der Waals surface area (Å²) < 4.78 is 0.